The molecule has 1 atom stereocenters. The Bertz CT molecular complexity index is 596. The summed E-state index contributed by atoms with van der Waals surface area (Å²) in [5.74, 6) is 0.780. The highest BCUT2D eigenvalue weighted by Crippen LogP contribution is 2.27. The average Bonchev–Trinajstić information content (AvgIpc) is 3.14. The number of rotatable bonds is 7. The number of nitrogens with one attached hydrogen (secondary N) is 2. The van der Waals surface area contributed by atoms with Crippen molar-refractivity contribution in [3.63, 3.8) is 0 Å². The standard InChI is InChI=1S/C18H27ClN4OS.HI/c1-3-20-18(22-13-17(24)23-9-4-5-10-23)21-12-16(25-2)14-7-6-8-15(19)11-14;/h6-8,11,16H,3-5,9-10,12-13H2,1-2H3,(H2,20,21,22);1H. The van der Waals surface area contributed by atoms with E-state index >= 15 is 0 Å². The largest absolute Gasteiger partial charge is 0.357 e. The van der Waals surface area contributed by atoms with Crippen LogP contribution in [0, 0.1) is 0 Å². The Morgan fingerprint density at radius 1 is 1.35 bits per heavy atom. The molecule has 1 fully saturated rings. The van der Waals surface area contributed by atoms with E-state index in [1.165, 1.54) is 5.56 Å². The third-order valence-electron chi connectivity index (χ3n) is 4.14. The molecule has 1 aromatic carbocycles. The molecule has 0 radical (unpaired) electrons. The molecule has 0 bridgehead atoms. The molecule has 1 aliphatic heterocycles. The van der Waals surface area contributed by atoms with Gasteiger partial charge in [-0.05, 0) is 43.7 Å². The Hall–Kier alpha value is -0.670. The minimum Gasteiger partial charge on any atom is -0.357 e. The Morgan fingerprint density at radius 3 is 2.69 bits per heavy atom. The number of hydrogen-bond acceptors (Lipinski definition) is 3. The normalized spacial score (nSPS) is 15.3. The first-order chi connectivity index (χ1) is 12.1. The summed E-state index contributed by atoms with van der Waals surface area (Å²) in [5.41, 5.74) is 1.18. The Balaban J connectivity index is 0.00000338. The van der Waals surface area contributed by atoms with Gasteiger partial charge in [0.1, 0.15) is 6.54 Å². The highest BCUT2D eigenvalue weighted by Gasteiger charge is 2.17. The fourth-order valence-electron chi connectivity index (χ4n) is 2.79. The van der Waals surface area contributed by atoms with Crippen LogP contribution in [0.25, 0.3) is 0 Å². The van der Waals surface area contributed by atoms with Crippen molar-refractivity contribution in [3.05, 3.63) is 34.9 Å². The number of hydrogen-bond donors (Lipinski definition) is 2. The van der Waals surface area contributed by atoms with Gasteiger partial charge in [-0.3, -0.25) is 4.79 Å². The molecule has 0 spiro atoms. The lowest BCUT2D eigenvalue weighted by Crippen LogP contribution is -2.40. The maximum absolute atomic E-state index is 12.2. The first kappa shape index (κ1) is 23.4. The molecule has 2 rings (SSSR count). The number of carbonyl (C=O) groups is 1. The van der Waals surface area contributed by atoms with Crippen molar-refractivity contribution in [2.24, 2.45) is 4.99 Å². The van der Waals surface area contributed by atoms with Gasteiger partial charge in [0.15, 0.2) is 5.96 Å². The number of amides is 1. The topological polar surface area (TPSA) is 56.7 Å². The van der Waals surface area contributed by atoms with Crippen LogP contribution in [-0.4, -0.2) is 55.7 Å². The van der Waals surface area contributed by atoms with Crippen LogP contribution in [0.5, 0.6) is 0 Å². The van der Waals surface area contributed by atoms with Crippen LogP contribution >= 0.6 is 47.3 Å². The molecule has 5 nitrogen and oxygen atoms in total. The third kappa shape index (κ3) is 7.52. The first-order valence-electron chi connectivity index (χ1n) is 8.72. The van der Waals surface area contributed by atoms with E-state index in [0.717, 1.165) is 37.5 Å². The SMILES string of the molecule is CCNC(=NCC(=O)N1CCCC1)NCC(SC)c1cccc(Cl)c1.I. The van der Waals surface area contributed by atoms with Gasteiger partial charge < -0.3 is 15.5 Å². The van der Waals surface area contributed by atoms with Crippen molar-refractivity contribution < 1.29 is 4.79 Å². The molecule has 1 aromatic rings. The molecule has 146 valence electrons. The summed E-state index contributed by atoms with van der Waals surface area (Å²) >= 11 is 7.85. The number of thioether (sulfide) groups is 1. The average molecular weight is 511 g/mol. The summed E-state index contributed by atoms with van der Waals surface area (Å²) in [4.78, 5) is 18.5. The van der Waals surface area contributed by atoms with Crippen molar-refractivity contribution in [2.75, 3.05) is 39.0 Å². The van der Waals surface area contributed by atoms with Gasteiger partial charge in [0.25, 0.3) is 0 Å². The van der Waals surface area contributed by atoms with E-state index in [9.17, 15) is 4.79 Å². The second kappa shape index (κ2) is 12.7. The highest BCUT2D eigenvalue weighted by molar-refractivity contribution is 14.0. The molecule has 1 amide bonds. The van der Waals surface area contributed by atoms with Crippen molar-refractivity contribution in [1.29, 1.82) is 0 Å². The smallest absolute Gasteiger partial charge is 0.244 e. The summed E-state index contributed by atoms with van der Waals surface area (Å²) < 4.78 is 0. The van der Waals surface area contributed by atoms with Gasteiger partial charge in [0, 0.05) is 36.5 Å². The molecule has 2 N–H and O–H groups in total. The lowest BCUT2D eigenvalue weighted by molar-refractivity contribution is -0.128. The van der Waals surface area contributed by atoms with Crippen LogP contribution in [0.4, 0.5) is 0 Å². The van der Waals surface area contributed by atoms with Gasteiger partial charge in [-0.1, -0.05) is 23.7 Å². The Labute approximate surface area is 182 Å². The second-order valence-electron chi connectivity index (χ2n) is 5.94. The van der Waals surface area contributed by atoms with Crippen LogP contribution in [0.15, 0.2) is 29.3 Å². The molecule has 0 aromatic heterocycles. The molecule has 0 saturated carbocycles. The van der Waals surface area contributed by atoms with Crippen LogP contribution in [-0.2, 0) is 4.79 Å². The van der Waals surface area contributed by atoms with Crippen LogP contribution in [0.2, 0.25) is 5.02 Å². The van der Waals surface area contributed by atoms with Crippen LogP contribution < -0.4 is 10.6 Å². The number of nitrogens with zero attached hydrogens (tertiary/aromatic N) is 2. The number of aliphatic imine (C=N–C) groups is 1. The fraction of sp³-hybridized carbons (Fsp3) is 0.556. The first-order valence-corrected chi connectivity index (χ1v) is 10.4. The van der Waals surface area contributed by atoms with E-state index in [4.69, 9.17) is 11.6 Å². The predicted molar refractivity (Wildman–Crippen MR) is 123 cm³/mol. The van der Waals surface area contributed by atoms with Crippen molar-refractivity contribution in [1.82, 2.24) is 15.5 Å². The summed E-state index contributed by atoms with van der Waals surface area (Å²) in [6.45, 7) is 5.40. The van der Waals surface area contributed by atoms with Gasteiger partial charge in [0.05, 0.1) is 0 Å². The zero-order valence-electron chi connectivity index (χ0n) is 15.3. The van der Waals surface area contributed by atoms with E-state index in [1.54, 1.807) is 11.8 Å². The van der Waals surface area contributed by atoms with Gasteiger partial charge >= 0.3 is 0 Å². The van der Waals surface area contributed by atoms with Crippen molar-refractivity contribution in [3.8, 4) is 0 Å². The third-order valence-corrected chi connectivity index (χ3v) is 5.38. The Morgan fingerprint density at radius 2 is 2.08 bits per heavy atom. The molecular formula is C18H28ClIN4OS. The lowest BCUT2D eigenvalue weighted by atomic mass is 10.1. The van der Waals surface area contributed by atoms with Crippen LogP contribution in [0.3, 0.4) is 0 Å². The van der Waals surface area contributed by atoms with E-state index in [1.807, 2.05) is 30.0 Å². The molecule has 26 heavy (non-hydrogen) atoms. The quantitative estimate of drug-likeness (QED) is 0.335. The lowest BCUT2D eigenvalue weighted by Gasteiger charge is -2.19. The molecule has 8 heteroatoms. The number of guanidine groups is 1. The summed E-state index contributed by atoms with van der Waals surface area (Å²) in [6, 6.07) is 7.92. The molecular weight excluding hydrogens is 483 g/mol. The molecule has 1 heterocycles. The number of carbonyl (C=O) groups excluding carboxylic acids is 1. The van der Waals surface area contributed by atoms with Gasteiger partial charge in [-0.15, -0.1) is 24.0 Å². The molecule has 1 aliphatic rings. The van der Waals surface area contributed by atoms with Crippen molar-refractivity contribution >= 4 is 59.2 Å². The van der Waals surface area contributed by atoms with Crippen molar-refractivity contribution in [2.45, 2.75) is 25.0 Å². The minimum atomic E-state index is 0. The minimum absolute atomic E-state index is 0. The van der Waals surface area contributed by atoms with Gasteiger partial charge in [-0.2, -0.15) is 11.8 Å². The summed E-state index contributed by atoms with van der Waals surface area (Å²) in [7, 11) is 0. The zero-order chi connectivity index (χ0) is 18.1. The van der Waals surface area contributed by atoms with E-state index in [2.05, 4.69) is 27.9 Å². The predicted octanol–water partition coefficient (Wildman–Crippen LogP) is 3.54. The van der Waals surface area contributed by atoms with Gasteiger partial charge in [-0.25, -0.2) is 4.99 Å². The maximum Gasteiger partial charge on any atom is 0.244 e. The Kier molecular flexibility index (Phi) is 11.4. The number of benzene rings is 1. The maximum atomic E-state index is 12.2. The summed E-state index contributed by atoms with van der Waals surface area (Å²) in [5, 5.41) is 7.55. The van der Waals surface area contributed by atoms with Crippen LogP contribution in [0.1, 0.15) is 30.6 Å². The number of halogens is 2. The van der Waals surface area contributed by atoms with Gasteiger partial charge in [0.2, 0.25) is 5.91 Å². The van der Waals surface area contributed by atoms with E-state index in [0.29, 0.717) is 12.5 Å². The molecule has 0 aliphatic carbocycles. The summed E-state index contributed by atoms with van der Waals surface area (Å²) in [6.07, 6.45) is 4.28. The molecule has 1 saturated heterocycles. The second-order valence-corrected chi connectivity index (χ2v) is 7.42. The van der Waals surface area contributed by atoms with E-state index < -0.39 is 0 Å². The van der Waals surface area contributed by atoms with E-state index in [-0.39, 0.29) is 41.7 Å². The number of likely N-dealkylation sites (tertiary alicyclic amines) is 1. The fourth-order valence-corrected chi connectivity index (χ4v) is 3.66. The zero-order valence-corrected chi connectivity index (χ0v) is 19.2. The molecule has 1 unspecified atom stereocenters. The highest BCUT2D eigenvalue weighted by atomic mass is 127. The monoisotopic (exact) mass is 510 g/mol.